The van der Waals surface area contributed by atoms with E-state index in [2.05, 4.69) is 18.7 Å². The van der Waals surface area contributed by atoms with Crippen LogP contribution in [0.1, 0.15) is 46.0 Å². The molecule has 0 aromatic heterocycles. The van der Waals surface area contributed by atoms with Crippen LogP contribution in [0.2, 0.25) is 0 Å². The first kappa shape index (κ1) is 13.3. The van der Waals surface area contributed by atoms with Gasteiger partial charge in [0.25, 0.3) is 0 Å². The molecule has 2 fully saturated rings. The average Bonchev–Trinajstić information content (AvgIpc) is 2.84. The van der Waals surface area contributed by atoms with Crippen LogP contribution in [0.25, 0.3) is 0 Å². The van der Waals surface area contributed by atoms with Gasteiger partial charge in [-0.25, -0.2) is 0 Å². The van der Waals surface area contributed by atoms with Crippen molar-refractivity contribution in [2.45, 2.75) is 57.5 Å². The van der Waals surface area contributed by atoms with Gasteiger partial charge in [0.05, 0.1) is 0 Å². The van der Waals surface area contributed by atoms with E-state index in [-0.39, 0.29) is 5.54 Å². The molecule has 2 aliphatic heterocycles. The number of rotatable bonds is 4. The molecule has 0 amide bonds. The minimum Gasteiger partial charge on any atom is -0.381 e. The van der Waals surface area contributed by atoms with Crippen LogP contribution in [-0.4, -0.2) is 42.8 Å². The normalized spacial score (nSPS) is 26.3. The highest BCUT2D eigenvalue weighted by Gasteiger charge is 2.35. The van der Waals surface area contributed by atoms with Gasteiger partial charge in [0.15, 0.2) is 0 Å². The van der Waals surface area contributed by atoms with E-state index in [0.29, 0.717) is 6.04 Å². The quantitative estimate of drug-likeness (QED) is 0.817. The van der Waals surface area contributed by atoms with E-state index in [4.69, 9.17) is 10.5 Å². The molecule has 2 N–H and O–H groups in total. The molecule has 2 rings (SSSR count). The predicted molar refractivity (Wildman–Crippen MR) is 71.0 cm³/mol. The molecule has 0 aromatic carbocycles. The van der Waals surface area contributed by atoms with Crippen molar-refractivity contribution in [3.8, 4) is 0 Å². The molecular formula is C14H28N2O. The van der Waals surface area contributed by atoms with E-state index in [0.717, 1.165) is 25.6 Å². The van der Waals surface area contributed by atoms with Crippen molar-refractivity contribution in [2.75, 3.05) is 26.3 Å². The number of nitrogens with two attached hydrogens (primary N) is 1. The zero-order valence-corrected chi connectivity index (χ0v) is 11.5. The molecule has 0 spiro atoms. The molecule has 2 saturated heterocycles. The van der Waals surface area contributed by atoms with Crippen molar-refractivity contribution in [3.63, 3.8) is 0 Å². The largest absolute Gasteiger partial charge is 0.381 e. The maximum atomic E-state index is 6.48. The average molecular weight is 240 g/mol. The molecule has 0 saturated carbocycles. The van der Waals surface area contributed by atoms with Gasteiger partial charge >= 0.3 is 0 Å². The van der Waals surface area contributed by atoms with Gasteiger partial charge in [0, 0.05) is 24.8 Å². The Morgan fingerprint density at radius 3 is 2.41 bits per heavy atom. The number of hydrogen-bond acceptors (Lipinski definition) is 3. The summed E-state index contributed by atoms with van der Waals surface area (Å²) in [6.07, 6.45) is 6.24. The van der Waals surface area contributed by atoms with Gasteiger partial charge in [-0.15, -0.1) is 0 Å². The van der Waals surface area contributed by atoms with Crippen LogP contribution in [0, 0.1) is 5.92 Å². The molecule has 2 aliphatic rings. The van der Waals surface area contributed by atoms with Crippen LogP contribution >= 0.6 is 0 Å². The second-order valence-corrected chi connectivity index (χ2v) is 6.25. The molecule has 0 bridgehead atoms. The van der Waals surface area contributed by atoms with Crippen LogP contribution in [0.15, 0.2) is 0 Å². The maximum Gasteiger partial charge on any atom is 0.0468 e. The molecule has 2 heterocycles. The topological polar surface area (TPSA) is 38.5 Å². The first-order chi connectivity index (χ1) is 8.10. The van der Waals surface area contributed by atoms with E-state index >= 15 is 0 Å². The Hall–Kier alpha value is -0.120. The van der Waals surface area contributed by atoms with Crippen LogP contribution in [-0.2, 0) is 4.74 Å². The van der Waals surface area contributed by atoms with Crippen LogP contribution < -0.4 is 5.73 Å². The van der Waals surface area contributed by atoms with Crippen molar-refractivity contribution in [3.05, 3.63) is 0 Å². The molecule has 3 nitrogen and oxygen atoms in total. The molecule has 0 aromatic rings. The number of nitrogens with zero attached hydrogens (tertiary/aromatic N) is 1. The highest BCUT2D eigenvalue weighted by molar-refractivity contribution is 4.94. The monoisotopic (exact) mass is 240 g/mol. The number of hydrogen-bond donors (Lipinski definition) is 1. The maximum absolute atomic E-state index is 6.48. The second-order valence-electron chi connectivity index (χ2n) is 6.25. The van der Waals surface area contributed by atoms with Crippen molar-refractivity contribution in [1.82, 2.24) is 4.90 Å². The lowest BCUT2D eigenvalue weighted by Crippen LogP contribution is -2.55. The highest BCUT2D eigenvalue weighted by atomic mass is 16.5. The van der Waals surface area contributed by atoms with Crippen molar-refractivity contribution in [2.24, 2.45) is 11.7 Å². The number of likely N-dealkylation sites (tertiary alicyclic amines) is 1. The lowest BCUT2D eigenvalue weighted by Gasteiger charge is -2.42. The Bertz CT molecular complexity index is 230. The molecular weight excluding hydrogens is 212 g/mol. The fourth-order valence-corrected chi connectivity index (χ4v) is 3.16. The number of ether oxygens (including phenoxy) is 1. The zero-order chi connectivity index (χ0) is 12.3. The molecule has 3 heteroatoms. The molecule has 0 radical (unpaired) electrons. The van der Waals surface area contributed by atoms with E-state index in [9.17, 15) is 0 Å². The van der Waals surface area contributed by atoms with Gasteiger partial charge in [-0.3, -0.25) is 4.90 Å². The van der Waals surface area contributed by atoms with Crippen molar-refractivity contribution < 1.29 is 4.74 Å². The van der Waals surface area contributed by atoms with Crippen LogP contribution in [0.3, 0.4) is 0 Å². The summed E-state index contributed by atoms with van der Waals surface area (Å²) >= 11 is 0. The first-order valence-corrected chi connectivity index (χ1v) is 7.19. The second kappa shape index (κ2) is 5.68. The predicted octanol–water partition coefficient (Wildman–Crippen LogP) is 2.00. The lowest BCUT2D eigenvalue weighted by molar-refractivity contribution is 0.0487. The smallest absolute Gasteiger partial charge is 0.0468 e. The van der Waals surface area contributed by atoms with Crippen LogP contribution in [0.5, 0.6) is 0 Å². The Morgan fingerprint density at radius 2 is 1.82 bits per heavy atom. The van der Waals surface area contributed by atoms with E-state index in [1.165, 1.54) is 38.8 Å². The summed E-state index contributed by atoms with van der Waals surface area (Å²) in [6, 6.07) is 0.295. The van der Waals surface area contributed by atoms with Gasteiger partial charge in [-0.05, 0) is 65.0 Å². The van der Waals surface area contributed by atoms with E-state index < -0.39 is 0 Å². The zero-order valence-electron chi connectivity index (χ0n) is 11.5. The minimum atomic E-state index is 0.162. The summed E-state index contributed by atoms with van der Waals surface area (Å²) in [7, 11) is 0. The Morgan fingerprint density at radius 1 is 1.24 bits per heavy atom. The van der Waals surface area contributed by atoms with Gasteiger partial charge < -0.3 is 10.5 Å². The molecule has 1 atom stereocenters. The Labute approximate surface area is 106 Å². The van der Waals surface area contributed by atoms with Gasteiger partial charge in [0.2, 0.25) is 0 Å². The summed E-state index contributed by atoms with van der Waals surface area (Å²) in [5.74, 6) is 0.778. The summed E-state index contributed by atoms with van der Waals surface area (Å²) in [5.41, 5.74) is 6.64. The highest BCUT2D eigenvalue weighted by Crippen LogP contribution is 2.29. The van der Waals surface area contributed by atoms with Gasteiger partial charge in [0.1, 0.15) is 0 Å². The minimum absolute atomic E-state index is 0.162. The fraction of sp³-hybridized carbons (Fsp3) is 1.00. The molecule has 100 valence electrons. The summed E-state index contributed by atoms with van der Waals surface area (Å²) in [5, 5.41) is 0. The molecule has 17 heavy (non-hydrogen) atoms. The third kappa shape index (κ3) is 3.21. The standard InChI is InChI=1S/C14H28N2O/c1-14(2,16-7-3-4-8-16)13(15)11-12-5-9-17-10-6-12/h12-13H,3-11,15H2,1-2H3. The van der Waals surface area contributed by atoms with Crippen molar-refractivity contribution >= 4 is 0 Å². The van der Waals surface area contributed by atoms with Gasteiger partial charge in [-0.2, -0.15) is 0 Å². The molecule has 0 aliphatic carbocycles. The Balaban J connectivity index is 1.86. The first-order valence-electron chi connectivity index (χ1n) is 7.19. The van der Waals surface area contributed by atoms with Crippen molar-refractivity contribution in [1.29, 1.82) is 0 Å². The summed E-state index contributed by atoms with van der Waals surface area (Å²) in [6.45, 7) is 8.97. The van der Waals surface area contributed by atoms with Crippen LogP contribution in [0.4, 0.5) is 0 Å². The Kier molecular flexibility index (Phi) is 4.45. The molecule has 1 unspecified atom stereocenters. The third-order valence-corrected chi connectivity index (χ3v) is 4.76. The summed E-state index contributed by atoms with van der Waals surface area (Å²) in [4.78, 5) is 2.58. The van der Waals surface area contributed by atoms with E-state index in [1.807, 2.05) is 0 Å². The lowest BCUT2D eigenvalue weighted by atomic mass is 9.83. The van der Waals surface area contributed by atoms with E-state index in [1.54, 1.807) is 0 Å². The van der Waals surface area contributed by atoms with Gasteiger partial charge in [-0.1, -0.05) is 0 Å². The fourth-order valence-electron chi connectivity index (χ4n) is 3.16. The SMILES string of the molecule is CC(C)(C(N)CC1CCOCC1)N1CCCC1. The third-order valence-electron chi connectivity index (χ3n) is 4.76. The summed E-state index contributed by atoms with van der Waals surface area (Å²) < 4.78 is 5.42.